The standard InChI is InChI=1S/C29H40O4/c1-4-6-7-8-9-10-21-31-27-17-13-25(14-18-27)26-15-19-28(20-16-26)32-22-11-12-24(3)23-33-29(30)5-2/h5,13-20,24H,2,4,6-12,21-23H2,1,3H3/t24-/m0/s1. The summed E-state index contributed by atoms with van der Waals surface area (Å²) in [4.78, 5) is 11.1. The fraction of sp³-hybridized carbons (Fsp3) is 0.483. The van der Waals surface area contributed by atoms with Gasteiger partial charge >= 0.3 is 5.97 Å². The van der Waals surface area contributed by atoms with Gasteiger partial charge in [0.05, 0.1) is 19.8 Å². The Kier molecular flexibility index (Phi) is 12.8. The number of carbonyl (C=O) groups is 1. The Morgan fingerprint density at radius 2 is 1.33 bits per heavy atom. The van der Waals surface area contributed by atoms with E-state index in [1.807, 2.05) is 24.3 Å². The van der Waals surface area contributed by atoms with Crippen LogP contribution in [0.3, 0.4) is 0 Å². The molecule has 0 saturated carbocycles. The lowest BCUT2D eigenvalue weighted by Crippen LogP contribution is -2.11. The first-order chi connectivity index (χ1) is 16.1. The van der Waals surface area contributed by atoms with Crippen molar-refractivity contribution >= 4 is 5.97 Å². The van der Waals surface area contributed by atoms with Crippen LogP contribution < -0.4 is 9.47 Å². The highest BCUT2D eigenvalue weighted by Gasteiger charge is 2.06. The summed E-state index contributed by atoms with van der Waals surface area (Å²) in [5, 5.41) is 0. The normalized spacial score (nSPS) is 11.6. The van der Waals surface area contributed by atoms with E-state index in [2.05, 4.69) is 44.7 Å². The third kappa shape index (κ3) is 11.1. The van der Waals surface area contributed by atoms with E-state index in [-0.39, 0.29) is 5.97 Å². The average molecular weight is 453 g/mol. The second kappa shape index (κ2) is 16.0. The van der Waals surface area contributed by atoms with Crippen molar-refractivity contribution in [1.82, 2.24) is 0 Å². The van der Waals surface area contributed by atoms with Crippen LogP contribution in [0.1, 0.15) is 65.2 Å². The number of carbonyl (C=O) groups excluding carboxylic acids is 1. The Morgan fingerprint density at radius 3 is 1.88 bits per heavy atom. The second-order valence-electron chi connectivity index (χ2n) is 8.60. The van der Waals surface area contributed by atoms with Crippen LogP contribution in [0.5, 0.6) is 11.5 Å². The zero-order valence-electron chi connectivity index (χ0n) is 20.4. The van der Waals surface area contributed by atoms with Gasteiger partial charge < -0.3 is 14.2 Å². The summed E-state index contributed by atoms with van der Waals surface area (Å²) in [7, 11) is 0. The van der Waals surface area contributed by atoms with Crippen molar-refractivity contribution < 1.29 is 19.0 Å². The maximum absolute atomic E-state index is 11.1. The monoisotopic (exact) mass is 452 g/mol. The van der Waals surface area contributed by atoms with E-state index in [1.165, 1.54) is 38.2 Å². The first-order valence-corrected chi connectivity index (χ1v) is 12.4. The van der Waals surface area contributed by atoms with Gasteiger partial charge in [-0.3, -0.25) is 0 Å². The van der Waals surface area contributed by atoms with Crippen LogP contribution >= 0.6 is 0 Å². The summed E-state index contributed by atoms with van der Waals surface area (Å²) < 4.78 is 16.8. The fourth-order valence-electron chi connectivity index (χ4n) is 3.55. The molecular weight excluding hydrogens is 412 g/mol. The molecule has 0 unspecified atom stereocenters. The number of rotatable bonds is 17. The third-order valence-electron chi connectivity index (χ3n) is 5.60. The minimum absolute atomic E-state index is 0.303. The summed E-state index contributed by atoms with van der Waals surface area (Å²) in [6.07, 6.45) is 10.7. The van der Waals surface area contributed by atoms with Crippen molar-refractivity contribution in [1.29, 1.82) is 0 Å². The van der Waals surface area contributed by atoms with Crippen LogP contribution in [0.25, 0.3) is 11.1 Å². The minimum Gasteiger partial charge on any atom is -0.494 e. The van der Waals surface area contributed by atoms with Crippen LogP contribution in [0.15, 0.2) is 61.2 Å². The number of ether oxygens (including phenoxy) is 3. The Balaban J connectivity index is 1.66. The van der Waals surface area contributed by atoms with Crippen molar-refractivity contribution in [2.45, 2.75) is 65.2 Å². The molecule has 0 bridgehead atoms. The van der Waals surface area contributed by atoms with Crippen molar-refractivity contribution in [2.24, 2.45) is 5.92 Å². The maximum atomic E-state index is 11.1. The third-order valence-corrected chi connectivity index (χ3v) is 5.60. The zero-order chi connectivity index (χ0) is 23.7. The lowest BCUT2D eigenvalue weighted by molar-refractivity contribution is -0.139. The molecule has 0 radical (unpaired) electrons. The summed E-state index contributed by atoms with van der Waals surface area (Å²) >= 11 is 0. The molecular formula is C29H40O4. The van der Waals surface area contributed by atoms with Crippen LogP contribution in [-0.2, 0) is 9.53 Å². The Morgan fingerprint density at radius 1 is 0.818 bits per heavy atom. The molecule has 0 aromatic heterocycles. The average Bonchev–Trinajstić information content (AvgIpc) is 2.85. The molecule has 2 aromatic rings. The van der Waals surface area contributed by atoms with E-state index in [1.54, 1.807) is 0 Å². The topological polar surface area (TPSA) is 44.8 Å². The van der Waals surface area contributed by atoms with Gasteiger partial charge in [-0.15, -0.1) is 0 Å². The Bertz CT molecular complexity index is 795. The number of hydrogen-bond donors (Lipinski definition) is 0. The molecule has 0 spiro atoms. The smallest absolute Gasteiger partial charge is 0.330 e. The highest BCUT2D eigenvalue weighted by molar-refractivity contribution is 5.81. The molecule has 2 aromatic carbocycles. The number of hydrogen-bond acceptors (Lipinski definition) is 4. The predicted octanol–water partition coefficient (Wildman–Crippen LogP) is 7.62. The van der Waals surface area contributed by atoms with E-state index in [4.69, 9.17) is 14.2 Å². The largest absolute Gasteiger partial charge is 0.494 e. The lowest BCUT2D eigenvalue weighted by Gasteiger charge is -2.12. The predicted molar refractivity (Wildman–Crippen MR) is 136 cm³/mol. The van der Waals surface area contributed by atoms with E-state index >= 15 is 0 Å². The van der Waals surface area contributed by atoms with Crippen LogP contribution in [0.2, 0.25) is 0 Å². The Labute approximate surface area is 200 Å². The molecule has 4 nitrogen and oxygen atoms in total. The molecule has 0 aliphatic heterocycles. The van der Waals surface area contributed by atoms with Crippen LogP contribution in [0, 0.1) is 5.92 Å². The minimum atomic E-state index is -0.367. The number of benzene rings is 2. The summed E-state index contributed by atoms with van der Waals surface area (Å²) in [5.74, 6) is 1.73. The number of unbranched alkanes of at least 4 members (excludes halogenated alkanes) is 5. The maximum Gasteiger partial charge on any atom is 0.330 e. The van der Waals surface area contributed by atoms with Crippen molar-refractivity contribution in [3.05, 3.63) is 61.2 Å². The lowest BCUT2D eigenvalue weighted by atomic mass is 10.1. The van der Waals surface area contributed by atoms with Gasteiger partial charge in [-0.2, -0.15) is 0 Å². The molecule has 4 heteroatoms. The van der Waals surface area contributed by atoms with E-state index in [0.717, 1.165) is 48.5 Å². The molecule has 0 aliphatic carbocycles. The van der Waals surface area contributed by atoms with Gasteiger partial charge in [0.1, 0.15) is 11.5 Å². The molecule has 0 heterocycles. The van der Waals surface area contributed by atoms with Gasteiger partial charge in [0.2, 0.25) is 0 Å². The SMILES string of the molecule is C=CC(=O)OC[C@@H](C)CCCOc1ccc(-c2ccc(OCCCCCCCC)cc2)cc1. The second-order valence-corrected chi connectivity index (χ2v) is 8.60. The Hall–Kier alpha value is -2.75. The fourth-order valence-corrected chi connectivity index (χ4v) is 3.55. The van der Waals surface area contributed by atoms with Crippen LogP contribution in [-0.4, -0.2) is 25.8 Å². The molecule has 2 rings (SSSR count). The molecule has 0 amide bonds. The molecule has 33 heavy (non-hydrogen) atoms. The molecule has 0 saturated heterocycles. The van der Waals surface area contributed by atoms with Crippen molar-refractivity contribution in [2.75, 3.05) is 19.8 Å². The van der Waals surface area contributed by atoms with E-state index < -0.39 is 0 Å². The van der Waals surface area contributed by atoms with Crippen molar-refractivity contribution in [3.63, 3.8) is 0 Å². The summed E-state index contributed by atoms with van der Waals surface area (Å²) in [5.41, 5.74) is 2.32. The van der Waals surface area contributed by atoms with Crippen LogP contribution in [0.4, 0.5) is 0 Å². The zero-order valence-corrected chi connectivity index (χ0v) is 20.4. The first-order valence-electron chi connectivity index (χ1n) is 12.4. The molecule has 0 aliphatic rings. The summed E-state index contributed by atoms with van der Waals surface area (Å²) in [6, 6.07) is 16.5. The number of esters is 1. The summed E-state index contributed by atoms with van der Waals surface area (Å²) in [6.45, 7) is 9.56. The highest BCUT2D eigenvalue weighted by atomic mass is 16.5. The van der Waals surface area contributed by atoms with Gasteiger partial charge in [0, 0.05) is 6.08 Å². The highest BCUT2D eigenvalue weighted by Crippen LogP contribution is 2.25. The molecule has 0 N–H and O–H groups in total. The van der Waals surface area contributed by atoms with Gasteiger partial charge in [0.15, 0.2) is 0 Å². The molecule has 0 fully saturated rings. The first kappa shape index (κ1) is 26.5. The molecule has 1 atom stereocenters. The quantitative estimate of drug-likeness (QED) is 0.141. The van der Waals surface area contributed by atoms with Gasteiger partial charge in [-0.1, -0.05) is 76.8 Å². The van der Waals surface area contributed by atoms with Gasteiger partial charge in [0.25, 0.3) is 0 Å². The van der Waals surface area contributed by atoms with E-state index in [9.17, 15) is 4.79 Å². The molecule has 180 valence electrons. The van der Waals surface area contributed by atoms with Crippen molar-refractivity contribution in [3.8, 4) is 22.6 Å². The van der Waals surface area contributed by atoms with Gasteiger partial charge in [-0.05, 0) is 60.6 Å². The van der Waals surface area contributed by atoms with Gasteiger partial charge in [-0.25, -0.2) is 4.79 Å². The van der Waals surface area contributed by atoms with E-state index in [0.29, 0.717) is 19.1 Å².